The van der Waals surface area contributed by atoms with Gasteiger partial charge in [0, 0.05) is 31.3 Å². The predicted octanol–water partition coefficient (Wildman–Crippen LogP) is 2.55. The number of hydrogen-bond acceptors (Lipinski definition) is 3. The van der Waals surface area contributed by atoms with Gasteiger partial charge in [-0.3, -0.25) is 14.4 Å². The van der Waals surface area contributed by atoms with Gasteiger partial charge in [-0.05, 0) is 19.3 Å². The van der Waals surface area contributed by atoms with Crippen LogP contribution in [-0.2, 0) is 14.4 Å². The van der Waals surface area contributed by atoms with Crippen LogP contribution in [-0.4, -0.2) is 36.7 Å². The topological polar surface area (TPSA) is 106 Å². The maximum absolute atomic E-state index is 11.0. The summed E-state index contributed by atoms with van der Waals surface area (Å²) >= 11 is 0. The van der Waals surface area contributed by atoms with Crippen LogP contribution in [0.25, 0.3) is 0 Å². The fraction of sp³-hybridized carbons (Fsp3) is 0.833. The molecule has 0 aromatic carbocycles. The summed E-state index contributed by atoms with van der Waals surface area (Å²) in [6.45, 7) is 13.4. The number of primary amides is 2. The Balaban J connectivity index is -0.000000278. The van der Waals surface area contributed by atoms with E-state index >= 15 is 0 Å². The van der Waals surface area contributed by atoms with Crippen molar-refractivity contribution in [1.29, 1.82) is 0 Å². The van der Waals surface area contributed by atoms with E-state index in [0.29, 0.717) is 0 Å². The number of nitrogens with zero attached hydrogens (tertiary/aromatic N) is 1. The van der Waals surface area contributed by atoms with E-state index in [1.54, 1.807) is 19.0 Å². The van der Waals surface area contributed by atoms with Gasteiger partial charge in [-0.1, -0.05) is 48.5 Å². The van der Waals surface area contributed by atoms with Crippen LogP contribution in [0.2, 0.25) is 0 Å². The van der Waals surface area contributed by atoms with E-state index in [-0.39, 0.29) is 35.0 Å². The number of rotatable bonds is 6. The highest BCUT2D eigenvalue weighted by Crippen LogP contribution is 2.17. The normalized spacial score (nSPS) is 12.5. The molecule has 0 aromatic rings. The van der Waals surface area contributed by atoms with Crippen molar-refractivity contribution in [2.24, 2.45) is 28.7 Å². The first-order valence-corrected chi connectivity index (χ1v) is 8.58. The summed E-state index contributed by atoms with van der Waals surface area (Å²) in [6, 6.07) is 0. The van der Waals surface area contributed by atoms with E-state index in [1.807, 2.05) is 48.5 Å². The highest BCUT2D eigenvalue weighted by molar-refractivity contribution is 5.79. The molecule has 0 saturated carbocycles. The largest absolute Gasteiger partial charge is 0.369 e. The number of hydrogen-bond donors (Lipinski definition) is 2. The Kier molecular flexibility index (Phi) is 15.7. The highest BCUT2D eigenvalue weighted by Gasteiger charge is 2.21. The van der Waals surface area contributed by atoms with E-state index in [0.717, 1.165) is 19.3 Å². The smallest absolute Gasteiger partial charge is 0.224 e. The Morgan fingerprint density at radius 2 is 1.29 bits per heavy atom. The second-order valence-corrected chi connectivity index (χ2v) is 6.86. The summed E-state index contributed by atoms with van der Waals surface area (Å²) in [5.74, 6) is 0.0139. The molecule has 0 bridgehead atoms. The lowest BCUT2D eigenvalue weighted by Gasteiger charge is -2.16. The first kappa shape index (κ1) is 27.3. The van der Waals surface area contributed by atoms with Gasteiger partial charge in [-0.2, -0.15) is 0 Å². The van der Waals surface area contributed by atoms with E-state index < -0.39 is 0 Å². The first-order valence-electron chi connectivity index (χ1n) is 8.58. The van der Waals surface area contributed by atoms with Crippen molar-refractivity contribution in [3.63, 3.8) is 0 Å². The van der Waals surface area contributed by atoms with Gasteiger partial charge in [0.05, 0.1) is 0 Å². The SMILES string of the molecule is CCC(C)(C)C(N)=O.CCC(C)C(=O)N(C)C.CCC(C)C(N)=O. The standard InChI is InChI=1S/C7H15NO.C6H13NO.C5H11NO/c1-5-6(2)7(9)8(3)4;1-4-6(2,3)5(7)8;1-3-4(2)5(6)7/h6H,5H2,1-4H3;4H2,1-3H3,(H2,7,8);4H,3H2,1-2H3,(H2,6,7). The van der Waals surface area contributed by atoms with Crippen LogP contribution in [0.4, 0.5) is 0 Å². The molecule has 2 unspecified atom stereocenters. The predicted molar refractivity (Wildman–Crippen MR) is 100 cm³/mol. The molecule has 0 aromatic heterocycles. The minimum absolute atomic E-state index is 0.0417. The lowest BCUT2D eigenvalue weighted by Crippen LogP contribution is -2.30. The third kappa shape index (κ3) is 14.0. The Hall–Kier alpha value is -1.59. The van der Waals surface area contributed by atoms with Crippen LogP contribution in [0, 0.1) is 17.3 Å². The van der Waals surface area contributed by atoms with Gasteiger partial charge in [0.1, 0.15) is 0 Å². The average Bonchev–Trinajstić information content (AvgIpc) is 2.53. The molecule has 0 fully saturated rings. The number of nitrogens with two attached hydrogens (primary N) is 2. The van der Waals surface area contributed by atoms with E-state index in [9.17, 15) is 14.4 Å². The molecule has 0 aliphatic heterocycles. The third-order valence-electron chi connectivity index (χ3n) is 4.12. The van der Waals surface area contributed by atoms with Gasteiger partial charge in [0.15, 0.2) is 0 Å². The zero-order valence-electron chi connectivity index (χ0n) is 17.1. The molecule has 144 valence electrons. The van der Waals surface area contributed by atoms with Crippen molar-refractivity contribution >= 4 is 17.7 Å². The quantitative estimate of drug-likeness (QED) is 0.772. The van der Waals surface area contributed by atoms with Crippen molar-refractivity contribution < 1.29 is 14.4 Å². The lowest BCUT2D eigenvalue weighted by molar-refractivity contribution is -0.132. The van der Waals surface area contributed by atoms with Gasteiger partial charge in [0.2, 0.25) is 17.7 Å². The molecule has 2 atom stereocenters. The average molecular weight is 346 g/mol. The highest BCUT2D eigenvalue weighted by atomic mass is 16.2. The summed E-state index contributed by atoms with van der Waals surface area (Å²) in [5.41, 5.74) is 9.63. The molecular weight excluding hydrogens is 306 g/mol. The lowest BCUT2D eigenvalue weighted by atomic mass is 9.90. The zero-order valence-corrected chi connectivity index (χ0v) is 17.1. The van der Waals surface area contributed by atoms with Gasteiger partial charge in [0.25, 0.3) is 0 Å². The molecular formula is C18H39N3O3. The van der Waals surface area contributed by atoms with Crippen LogP contribution < -0.4 is 11.5 Å². The summed E-state index contributed by atoms with van der Waals surface area (Å²) in [6.07, 6.45) is 2.58. The molecule has 0 aliphatic carbocycles. The van der Waals surface area contributed by atoms with Gasteiger partial charge in [-0.25, -0.2) is 0 Å². The van der Waals surface area contributed by atoms with Crippen molar-refractivity contribution in [3.8, 4) is 0 Å². The fourth-order valence-electron chi connectivity index (χ4n) is 0.991. The second-order valence-electron chi connectivity index (χ2n) is 6.86. The summed E-state index contributed by atoms with van der Waals surface area (Å²) in [4.78, 5) is 33.3. The molecule has 0 spiro atoms. The molecule has 3 amide bonds. The van der Waals surface area contributed by atoms with E-state index in [1.165, 1.54) is 0 Å². The van der Waals surface area contributed by atoms with Crippen LogP contribution in [0.1, 0.15) is 67.7 Å². The molecule has 24 heavy (non-hydrogen) atoms. The molecule has 0 saturated heterocycles. The van der Waals surface area contributed by atoms with Crippen molar-refractivity contribution in [2.45, 2.75) is 67.7 Å². The summed E-state index contributed by atoms with van der Waals surface area (Å²) < 4.78 is 0. The van der Waals surface area contributed by atoms with Gasteiger partial charge >= 0.3 is 0 Å². The minimum atomic E-state index is -0.319. The Labute approximate surface area is 148 Å². The van der Waals surface area contributed by atoms with Crippen molar-refractivity contribution in [1.82, 2.24) is 4.90 Å². The number of carbonyl (C=O) groups excluding carboxylic acids is 3. The molecule has 4 N–H and O–H groups in total. The molecule has 0 rings (SSSR count). The number of carbonyl (C=O) groups is 3. The Morgan fingerprint density at radius 1 is 0.917 bits per heavy atom. The molecule has 0 aliphatic rings. The summed E-state index contributed by atoms with van der Waals surface area (Å²) in [7, 11) is 3.57. The third-order valence-corrected chi connectivity index (χ3v) is 4.12. The van der Waals surface area contributed by atoms with Gasteiger partial charge in [-0.15, -0.1) is 0 Å². The molecule has 6 heteroatoms. The van der Waals surface area contributed by atoms with Crippen LogP contribution >= 0.6 is 0 Å². The van der Waals surface area contributed by atoms with Crippen molar-refractivity contribution in [2.75, 3.05) is 14.1 Å². The van der Waals surface area contributed by atoms with E-state index in [4.69, 9.17) is 11.5 Å². The Morgan fingerprint density at radius 3 is 1.33 bits per heavy atom. The maximum Gasteiger partial charge on any atom is 0.224 e. The molecule has 0 heterocycles. The number of amides is 3. The summed E-state index contributed by atoms with van der Waals surface area (Å²) in [5, 5.41) is 0. The van der Waals surface area contributed by atoms with Crippen LogP contribution in [0.3, 0.4) is 0 Å². The monoisotopic (exact) mass is 345 g/mol. The maximum atomic E-state index is 11.0. The van der Waals surface area contributed by atoms with Crippen molar-refractivity contribution in [3.05, 3.63) is 0 Å². The van der Waals surface area contributed by atoms with Crippen LogP contribution in [0.15, 0.2) is 0 Å². The van der Waals surface area contributed by atoms with E-state index in [2.05, 4.69) is 0 Å². The fourth-order valence-corrected chi connectivity index (χ4v) is 0.991. The second kappa shape index (κ2) is 13.8. The molecule has 0 radical (unpaired) electrons. The van der Waals surface area contributed by atoms with Gasteiger partial charge < -0.3 is 16.4 Å². The molecule has 6 nitrogen and oxygen atoms in total. The Bertz CT molecular complexity index is 380. The first-order chi connectivity index (χ1) is 10.8. The van der Waals surface area contributed by atoms with Crippen LogP contribution in [0.5, 0.6) is 0 Å². The zero-order chi connectivity index (χ0) is 20.1. The minimum Gasteiger partial charge on any atom is -0.369 e.